The molecule has 0 aromatic carbocycles. The van der Waals surface area contributed by atoms with Crippen LogP contribution in [0.3, 0.4) is 0 Å². The highest BCUT2D eigenvalue weighted by Gasteiger charge is 2.12. The molecule has 0 amide bonds. The molecule has 0 unspecified atom stereocenters. The van der Waals surface area contributed by atoms with E-state index in [2.05, 4.69) is 24.9 Å². The minimum absolute atomic E-state index is 0.143. The second-order valence-corrected chi connectivity index (χ2v) is 5.01. The van der Waals surface area contributed by atoms with Crippen molar-refractivity contribution in [3.8, 4) is 0 Å². The van der Waals surface area contributed by atoms with Gasteiger partial charge in [0.1, 0.15) is 15.6 Å². The molecular weight excluding hydrogens is 293 g/mol. The molecule has 3 aromatic rings. The van der Waals surface area contributed by atoms with Crippen LogP contribution in [0.1, 0.15) is 0 Å². The number of hydrogen-bond acceptors (Lipinski definition) is 5. The van der Waals surface area contributed by atoms with Gasteiger partial charge in [-0.3, -0.25) is 0 Å². The van der Waals surface area contributed by atoms with Gasteiger partial charge in [-0.15, -0.1) is 0 Å². The van der Waals surface area contributed by atoms with Gasteiger partial charge in [-0.1, -0.05) is 11.6 Å². The first-order chi connectivity index (χ1) is 8.74. The Bertz CT molecular complexity index is 714. The van der Waals surface area contributed by atoms with Crippen LogP contribution in [0.4, 0.5) is 0 Å². The van der Waals surface area contributed by atoms with E-state index in [4.69, 9.17) is 23.2 Å². The Hall–Kier alpha value is -1.37. The van der Waals surface area contributed by atoms with E-state index in [0.717, 1.165) is 0 Å². The lowest BCUT2D eigenvalue weighted by Crippen LogP contribution is -1.90. The minimum atomic E-state index is 0.143. The van der Waals surface area contributed by atoms with Gasteiger partial charge in [-0.2, -0.15) is 4.98 Å². The normalized spacial score (nSPS) is 11.0. The summed E-state index contributed by atoms with van der Waals surface area (Å²) in [4.78, 5) is 19.4. The van der Waals surface area contributed by atoms with Crippen LogP contribution in [-0.2, 0) is 0 Å². The molecule has 0 aliphatic carbocycles. The largest absolute Gasteiger partial charge is 0.341 e. The molecule has 0 saturated heterocycles. The molecule has 0 aliphatic rings. The Morgan fingerprint density at radius 2 is 2.00 bits per heavy atom. The van der Waals surface area contributed by atoms with Crippen molar-refractivity contribution >= 4 is 46.1 Å². The third kappa shape index (κ3) is 2.14. The Morgan fingerprint density at radius 1 is 1.11 bits per heavy atom. The van der Waals surface area contributed by atoms with Gasteiger partial charge in [0.25, 0.3) is 0 Å². The lowest BCUT2D eigenvalue weighted by atomic mass is 10.5. The van der Waals surface area contributed by atoms with E-state index in [1.807, 2.05) is 0 Å². The standard InChI is InChI=1S/C10H5Cl2N5S/c11-5-2-1-3-13-8(5)18-9-6-7(15-4-14-6)16-10(12)17-9/h1-4H,(H,14,15,16,17). The third-order valence-corrected chi connectivity index (χ3v) is 3.74. The zero-order chi connectivity index (χ0) is 12.5. The molecule has 0 spiro atoms. The molecule has 3 heterocycles. The lowest BCUT2D eigenvalue weighted by molar-refractivity contribution is 1.07. The van der Waals surface area contributed by atoms with Gasteiger partial charge in [-0.05, 0) is 35.5 Å². The molecule has 0 bridgehead atoms. The van der Waals surface area contributed by atoms with E-state index in [0.29, 0.717) is 26.2 Å². The van der Waals surface area contributed by atoms with Crippen LogP contribution in [0.15, 0.2) is 34.7 Å². The SMILES string of the molecule is Clc1nc(Sc2ncccc2Cl)c2[nH]cnc2n1. The summed E-state index contributed by atoms with van der Waals surface area (Å²) in [6, 6.07) is 3.54. The zero-order valence-electron chi connectivity index (χ0n) is 8.76. The molecule has 0 radical (unpaired) electrons. The van der Waals surface area contributed by atoms with Crippen LogP contribution in [0.5, 0.6) is 0 Å². The number of rotatable bonds is 2. The fourth-order valence-corrected chi connectivity index (χ4v) is 2.69. The average molecular weight is 298 g/mol. The number of pyridine rings is 1. The first kappa shape index (κ1) is 11.7. The summed E-state index contributed by atoms with van der Waals surface area (Å²) in [7, 11) is 0. The quantitative estimate of drug-likeness (QED) is 0.581. The molecule has 5 nitrogen and oxygen atoms in total. The number of fused-ring (bicyclic) bond motifs is 1. The van der Waals surface area contributed by atoms with E-state index >= 15 is 0 Å². The van der Waals surface area contributed by atoms with Crippen molar-refractivity contribution in [1.29, 1.82) is 0 Å². The van der Waals surface area contributed by atoms with Crippen LogP contribution >= 0.6 is 35.0 Å². The maximum absolute atomic E-state index is 6.05. The summed E-state index contributed by atoms with van der Waals surface area (Å²) in [5.41, 5.74) is 1.23. The van der Waals surface area contributed by atoms with E-state index in [9.17, 15) is 0 Å². The highest BCUT2D eigenvalue weighted by atomic mass is 35.5. The highest BCUT2D eigenvalue weighted by molar-refractivity contribution is 7.99. The minimum Gasteiger partial charge on any atom is -0.341 e. The van der Waals surface area contributed by atoms with Crippen molar-refractivity contribution in [3.63, 3.8) is 0 Å². The predicted octanol–water partition coefficient (Wildman–Crippen LogP) is 3.21. The van der Waals surface area contributed by atoms with Crippen LogP contribution in [-0.4, -0.2) is 24.9 Å². The van der Waals surface area contributed by atoms with Gasteiger partial charge in [-0.25, -0.2) is 15.0 Å². The van der Waals surface area contributed by atoms with Crippen molar-refractivity contribution in [3.05, 3.63) is 35.0 Å². The summed E-state index contributed by atoms with van der Waals surface area (Å²) in [5, 5.41) is 2.00. The number of aromatic amines is 1. The molecule has 3 aromatic heterocycles. The van der Waals surface area contributed by atoms with E-state index in [-0.39, 0.29) is 5.28 Å². The molecule has 0 fully saturated rings. The molecule has 18 heavy (non-hydrogen) atoms. The first-order valence-corrected chi connectivity index (χ1v) is 6.46. The van der Waals surface area contributed by atoms with Crippen molar-refractivity contribution in [2.75, 3.05) is 0 Å². The molecule has 1 N–H and O–H groups in total. The summed E-state index contributed by atoms with van der Waals surface area (Å²) in [6.45, 7) is 0. The smallest absolute Gasteiger partial charge is 0.225 e. The Morgan fingerprint density at radius 3 is 2.83 bits per heavy atom. The van der Waals surface area contributed by atoms with Crippen molar-refractivity contribution in [2.24, 2.45) is 0 Å². The number of nitrogens with zero attached hydrogens (tertiary/aromatic N) is 4. The van der Waals surface area contributed by atoms with E-state index in [1.165, 1.54) is 11.8 Å². The number of H-pyrrole nitrogens is 1. The number of halogens is 2. The van der Waals surface area contributed by atoms with Gasteiger partial charge < -0.3 is 4.98 Å². The Balaban J connectivity index is 2.10. The summed E-state index contributed by atoms with van der Waals surface area (Å²) >= 11 is 13.2. The lowest BCUT2D eigenvalue weighted by Gasteiger charge is -2.03. The van der Waals surface area contributed by atoms with Crippen LogP contribution in [0.2, 0.25) is 10.3 Å². The molecule has 0 atom stereocenters. The number of imidazole rings is 1. The maximum Gasteiger partial charge on any atom is 0.225 e. The van der Waals surface area contributed by atoms with Crippen molar-refractivity contribution < 1.29 is 0 Å². The number of aromatic nitrogens is 5. The fraction of sp³-hybridized carbons (Fsp3) is 0. The first-order valence-electron chi connectivity index (χ1n) is 4.89. The molecular formula is C10H5Cl2N5S. The fourth-order valence-electron chi connectivity index (χ4n) is 1.39. The van der Waals surface area contributed by atoms with Crippen LogP contribution in [0.25, 0.3) is 11.2 Å². The average Bonchev–Trinajstić information content (AvgIpc) is 2.80. The van der Waals surface area contributed by atoms with Crippen molar-refractivity contribution in [1.82, 2.24) is 24.9 Å². The number of hydrogen-bond donors (Lipinski definition) is 1. The summed E-state index contributed by atoms with van der Waals surface area (Å²) in [5.74, 6) is 0. The van der Waals surface area contributed by atoms with Gasteiger partial charge >= 0.3 is 0 Å². The summed E-state index contributed by atoms with van der Waals surface area (Å²) in [6.07, 6.45) is 3.21. The molecule has 90 valence electrons. The molecule has 0 saturated carbocycles. The highest BCUT2D eigenvalue weighted by Crippen LogP contribution is 2.33. The van der Waals surface area contributed by atoms with E-state index < -0.39 is 0 Å². The molecule has 3 rings (SSSR count). The Labute approximate surface area is 116 Å². The topological polar surface area (TPSA) is 67.3 Å². The second kappa shape index (κ2) is 4.72. The maximum atomic E-state index is 6.05. The third-order valence-electron chi connectivity index (χ3n) is 2.14. The van der Waals surface area contributed by atoms with Crippen LogP contribution in [0, 0.1) is 0 Å². The van der Waals surface area contributed by atoms with Gasteiger partial charge in [0, 0.05) is 6.20 Å². The zero-order valence-corrected chi connectivity index (χ0v) is 11.1. The predicted molar refractivity (Wildman–Crippen MR) is 70.1 cm³/mol. The van der Waals surface area contributed by atoms with Gasteiger partial charge in [0.05, 0.1) is 11.3 Å². The molecule has 0 aliphatic heterocycles. The van der Waals surface area contributed by atoms with E-state index in [1.54, 1.807) is 24.7 Å². The van der Waals surface area contributed by atoms with Crippen molar-refractivity contribution in [2.45, 2.75) is 10.1 Å². The monoisotopic (exact) mass is 297 g/mol. The summed E-state index contributed by atoms with van der Waals surface area (Å²) < 4.78 is 0. The van der Waals surface area contributed by atoms with Gasteiger partial charge in [0.15, 0.2) is 5.65 Å². The Kier molecular flexibility index (Phi) is 3.07. The molecule has 8 heteroatoms. The van der Waals surface area contributed by atoms with Gasteiger partial charge in [0.2, 0.25) is 5.28 Å². The number of nitrogens with one attached hydrogen (secondary N) is 1. The van der Waals surface area contributed by atoms with Crippen LogP contribution < -0.4 is 0 Å². The second-order valence-electron chi connectivity index (χ2n) is 3.29.